The normalized spacial score (nSPS) is 11.9. The molecule has 2 heterocycles. The first-order chi connectivity index (χ1) is 11.6. The van der Waals surface area contributed by atoms with Crippen molar-refractivity contribution in [2.45, 2.75) is 26.3 Å². The molecule has 24 heavy (non-hydrogen) atoms. The summed E-state index contributed by atoms with van der Waals surface area (Å²) in [5.74, 6) is 0.441. The lowest BCUT2D eigenvalue weighted by Crippen LogP contribution is -2.30. The van der Waals surface area contributed by atoms with Gasteiger partial charge < -0.3 is 9.84 Å². The maximum Gasteiger partial charge on any atom is 0.228 e. The summed E-state index contributed by atoms with van der Waals surface area (Å²) in [5, 5.41) is 6.88. The highest BCUT2D eigenvalue weighted by Gasteiger charge is 2.18. The molecule has 0 unspecified atom stereocenters. The molecule has 0 saturated carbocycles. The van der Waals surface area contributed by atoms with Gasteiger partial charge in [0.15, 0.2) is 0 Å². The summed E-state index contributed by atoms with van der Waals surface area (Å²) in [6.45, 7) is 3.87. The molecule has 0 spiro atoms. The fraction of sp³-hybridized carbons (Fsp3) is 0.211. The van der Waals surface area contributed by atoms with E-state index in [0.717, 1.165) is 16.8 Å². The van der Waals surface area contributed by atoms with Crippen LogP contribution in [0.3, 0.4) is 0 Å². The van der Waals surface area contributed by atoms with Crippen molar-refractivity contribution in [2.24, 2.45) is 0 Å². The molecular formula is C19H19N3O2. The highest BCUT2D eigenvalue weighted by Crippen LogP contribution is 2.22. The second-order valence-corrected chi connectivity index (χ2v) is 5.80. The van der Waals surface area contributed by atoms with Gasteiger partial charge in [-0.3, -0.25) is 9.78 Å². The Balaban J connectivity index is 1.82. The lowest BCUT2D eigenvalue weighted by atomic mass is 9.98. The number of hydrogen-bond acceptors (Lipinski definition) is 4. The number of aromatic nitrogens is 2. The molecule has 0 radical (unpaired) electrons. The zero-order chi connectivity index (χ0) is 16.9. The van der Waals surface area contributed by atoms with Crippen LogP contribution in [0.25, 0.3) is 0 Å². The fourth-order valence-corrected chi connectivity index (χ4v) is 2.54. The van der Waals surface area contributed by atoms with Gasteiger partial charge in [0.25, 0.3) is 0 Å². The minimum Gasteiger partial charge on any atom is -0.361 e. The van der Waals surface area contributed by atoms with E-state index in [4.69, 9.17) is 4.52 Å². The first-order valence-corrected chi connectivity index (χ1v) is 7.80. The number of pyridine rings is 1. The number of benzene rings is 1. The Morgan fingerprint density at radius 2 is 1.75 bits per heavy atom. The summed E-state index contributed by atoms with van der Waals surface area (Å²) in [6, 6.07) is 13.5. The van der Waals surface area contributed by atoms with E-state index in [2.05, 4.69) is 15.5 Å². The Bertz CT molecular complexity index is 810. The summed E-state index contributed by atoms with van der Waals surface area (Å²) in [7, 11) is 0. The third-order valence-corrected chi connectivity index (χ3v) is 3.77. The Labute approximate surface area is 140 Å². The topological polar surface area (TPSA) is 68.0 Å². The Morgan fingerprint density at radius 1 is 1.08 bits per heavy atom. The molecule has 2 aromatic heterocycles. The first kappa shape index (κ1) is 15.9. The molecule has 1 atom stereocenters. The second-order valence-electron chi connectivity index (χ2n) is 5.80. The molecule has 1 amide bonds. The zero-order valence-corrected chi connectivity index (χ0v) is 13.7. The highest BCUT2D eigenvalue weighted by molar-refractivity contribution is 5.79. The minimum atomic E-state index is -0.231. The third-order valence-electron chi connectivity index (χ3n) is 3.77. The van der Waals surface area contributed by atoms with Crippen LogP contribution in [0.1, 0.15) is 34.2 Å². The predicted octanol–water partition coefficient (Wildman–Crippen LogP) is 3.13. The van der Waals surface area contributed by atoms with Crippen LogP contribution in [0.4, 0.5) is 0 Å². The number of nitrogens with one attached hydrogen (secondary N) is 1. The maximum atomic E-state index is 12.4. The van der Waals surface area contributed by atoms with Crippen LogP contribution < -0.4 is 5.32 Å². The quantitative estimate of drug-likeness (QED) is 0.784. The van der Waals surface area contributed by atoms with Gasteiger partial charge in [0.1, 0.15) is 5.76 Å². The Morgan fingerprint density at radius 3 is 2.38 bits per heavy atom. The molecule has 5 heteroatoms. The second kappa shape index (κ2) is 7.08. The van der Waals surface area contributed by atoms with Crippen LogP contribution in [-0.2, 0) is 11.2 Å². The minimum absolute atomic E-state index is 0.117. The van der Waals surface area contributed by atoms with Crippen molar-refractivity contribution < 1.29 is 9.32 Å². The van der Waals surface area contributed by atoms with E-state index in [1.54, 1.807) is 18.5 Å². The fourth-order valence-electron chi connectivity index (χ4n) is 2.54. The van der Waals surface area contributed by atoms with Crippen molar-refractivity contribution in [1.82, 2.24) is 15.5 Å². The molecule has 0 aliphatic heterocycles. The largest absolute Gasteiger partial charge is 0.361 e. The van der Waals surface area contributed by atoms with E-state index in [9.17, 15) is 4.79 Å². The van der Waals surface area contributed by atoms with Gasteiger partial charge in [0, 0.05) is 18.5 Å². The van der Waals surface area contributed by atoms with Crippen LogP contribution >= 0.6 is 0 Å². The van der Waals surface area contributed by atoms with Gasteiger partial charge in [-0.25, -0.2) is 0 Å². The molecule has 0 aliphatic rings. The number of amides is 1. The zero-order valence-electron chi connectivity index (χ0n) is 13.7. The summed E-state index contributed by atoms with van der Waals surface area (Å²) >= 11 is 0. The monoisotopic (exact) mass is 321 g/mol. The number of carbonyl (C=O) groups excluding carboxylic acids is 1. The molecule has 0 aliphatic carbocycles. The van der Waals surface area contributed by atoms with E-state index >= 15 is 0 Å². The molecule has 3 aromatic rings. The van der Waals surface area contributed by atoms with Crippen molar-refractivity contribution >= 4 is 5.91 Å². The molecule has 3 rings (SSSR count). The highest BCUT2D eigenvalue weighted by atomic mass is 16.5. The lowest BCUT2D eigenvalue weighted by molar-refractivity contribution is -0.121. The van der Waals surface area contributed by atoms with E-state index in [-0.39, 0.29) is 18.4 Å². The molecule has 1 N–H and O–H groups in total. The van der Waals surface area contributed by atoms with E-state index in [1.807, 2.05) is 50.2 Å². The van der Waals surface area contributed by atoms with Gasteiger partial charge in [-0.2, -0.15) is 0 Å². The molecular weight excluding hydrogens is 302 g/mol. The van der Waals surface area contributed by atoms with Crippen molar-refractivity contribution in [3.8, 4) is 0 Å². The molecule has 0 fully saturated rings. The van der Waals surface area contributed by atoms with Gasteiger partial charge in [0.05, 0.1) is 18.2 Å². The van der Waals surface area contributed by atoms with Crippen molar-refractivity contribution in [3.05, 3.63) is 83.0 Å². The van der Waals surface area contributed by atoms with Gasteiger partial charge in [-0.05, 0) is 37.1 Å². The van der Waals surface area contributed by atoms with Crippen LogP contribution in [-0.4, -0.2) is 16.0 Å². The van der Waals surface area contributed by atoms with Crippen molar-refractivity contribution in [2.75, 3.05) is 0 Å². The maximum absolute atomic E-state index is 12.4. The van der Waals surface area contributed by atoms with E-state index in [1.165, 1.54) is 5.56 Å². The predicted molar refractivity (Wildman–Crippen MR) is 90.3 cm³/mol. The number of aryl methyl sites for hydroxylation is 2. The molecule has 122 valence electrons. The van der Waals surface area contributed by atoms with Crippen LogP contribution in [0.2, 0.25) is 0 Å². The smallest absolute Gasteiger partial charge is 0.228 e. The van der Waals surface area contributed by atoms with Crippen LogP contribution in [0.15, 0.2) is 59.4 Å². The van der Waals surface area contributed by atoms with Gasteiger partial charge in [0.2, 0.25) is 5.91 Å². The molecule has 0 bridgehead atoms. The summed E-state index contributed by atoms with van der Waals surface area (Å²) in [4.78, 5) is 16.5. The van der Waals surface area contributed by atoms with E-state index in [0.29, 0.717) is 5.76 Å². The lowest BCUT2D eigenvalue weighted by Gasteiger charge is -2.19. The molecule has 5 nitrogen and oxygen atoms in total. The number of carbonyl (C=O) groups is 1. The summed E-state index contributed by atoms with van der Waals surface area (Å²) < 4.78 is 5.12. The first-order valence-electron chi connectivity index (χ1n) is 7.80. The number of rotatable bonds is 5. The standard InChI is InChI=1S/C19H19N3O2/c1-13-3-5-15(6-4-13)19(16-7-9-20-10-8-16)21-18(23)12-17-11-14(2)22-24-17/h3-11,19H,12H2,1-2H3,(H,21,23)/t19-/m1/s1. The van der Waals surface area contributed by atoms with Gasteiger partial charge in [-0.15, -0.1) is 0 Å². The average Bonchev–Trinajstić information content (AvgIpc) is 2.99. The Kier molecular flexibility index (Phi) is 4.70. The van der Waals surface area contributed by atoms with Crippen LogP contribution in [0, 0.1) is 13.8 Å². The number of hydrogen-bond donors (Lipinski definition) is 1. The average molecular weight is 321 g/mol. The third kappa shape index (κ3) is 3.87. The van der Waals surface area contributed by atoms with Crippen LogP contribution in [0.5, 0.6) is 0 Å². The molecule has 0 saturated heterocycles. The molecule has 1 aromatic carbocycles. The summed E-state index contributed by atoms with van der Waals surface area (Å²) in [6.07, 6.45) is 3.61. The SMILES string of the molecule is Cc1ccc([C@@H](NC(=O)Cc2cc(C)no2)c2ccncc2)cc1. The van der Waals surface area contributed by atoms with Crippen molar-refractivity contribution in [1.29, 1.82) is 0 Å². The Hall–Kier alpha value is -2.95. The summed E-state index contributed by atoms with van der Waals surface area (Å²) in [5.41, 5.74) is 3.95. The van der Waals surface area contributed by atoms with E-state index < -0.39 is 0 Å². The van der Waals surface area contributed by atoms with Crippen molar-refractivity contribution in [3.63, 3.8) is 0 Å². The van der Waals surface area contributed by atoms with Gasteiger partial charge in [-0.1, -0.05) is 35.0 Å². The number of nitrogens with zero attached hydrogens (tertiary/aromatic N) is 2. The van der Waals surface area contributed by atoms with Gasteiger partial charge >= 0.3 is 0 Å².